The number of nitrogens with zero attached hydrogens (tertiary/aromatic N) is 3. The number of halogens is 1. The first-order valence-electron chi connectivity index (χ1n) is 8.67. The number of carbonyl (C=O) groups is 1. The highest BCUT2D eigenvalue weighted by Crippen LogP contribution is 2.33. The molecule has 1 aliphatic heterocycles. The summed E-state index contributed by atoms with van der Waals surface area (Å²) in [5, 5.41) is 0. The molecule has 26 heavy (non-hydrogen) atoms. The fraction of sp³-hybridized carbons (Fsp3) is 0.300. The maximum Gasteiger partial charge on any atom is 0.227 e. The number of carbonyl (C=O) groups excluding carboxylic acids is 1. The first-order valence-corrected chi connectivity index (χ1v) is 8.67. The van der Waals surface area contributed by atoms with E-state index in [0.29, 0.717) is 26.1 Å². The van der Waals surface area contributed by atoms with Gasteiger partial charge >= 0.3 is 0 Å². The molecule has 2 heterocycles. The fourth-order valence-electron chi connectivity index (χ4n) is 3.57. The second kappa shape index (κ2) is 6.88. The van der Waals surface area contributed by atoms with E-state index in [0.717, 1.165) is 22.5 Å². The van der Waals surface area contributed by atoms with E-state index >= 15 is 0 Å². The van der Waals surface area contributed by atoms with Gasteiger partial charge in [0, 0.05) is 38.2 Å². The van der Waals surface area contributed by atoms with Crippen molar-refractivity contribution in [3.8, 4) is 0 Å². The van der Waals surface area contributed by atoms with Gasteiger partial charge in [-0.1, -0.05) is 12.1 Å². The number of hydrogen-bond donors (Lipinski definition) is 0. The largest absolute Gasteiger partial charge is 0.383 e. The highest BCUT2D eigenvalue weighted by Gasteiger charge is 2.34. The summed E-state index contributed by atoms with van der Waals surface area (Å²) >= 11 is 0. The molecule has 1 saturated heterocycles. The third-order valence-corrected chi connectivity index (χ3v) is 4.83. The maximum atomic E-state index is 13.2. The number of benzene rings is 2. The number of amides is 1. The van der Waals surface area contributed by atoms with E-state index in [1.807, 2.05) is 24.3 Å². The van der Waals surface area contributed by atoms with Crippen molar-refractivity contribution < 1.29 is 13.9 Å². The van der Waals surface area contributed by atoms with Crippen LogP contribution in [0.1, 0.15) is 18.2 Å². The van der Waals surface area contributed by atoms with E-state index < -0.39 is 0 Å². The molecule has 1 unspecified atom stereocenters. The van der Waals surface area contributed by atoms with E-state index in [1.165, 1.54) is 12.1 Å². The summed E-state index contributed by atoms with van der Waals surface area (Å²) in [7, 11) is 1.67. The van der Waals surface area contributed by atoms with E-state index in [2.05, 4.69) is 4.57 Å². The minimum absolute atomic E-state index is 0.00295. The molecule has 1 aromatic heterocycles. The Morgan fingerprint density at radius 1 is 1.19 bits per heavy atom. The monoisotopic (exact) mass is 353 g/mol. The lowest BCUT2D eigenvalue weighted by atomic mass is 10.1. The lowest BCUT2D eigenvalue weighted by Crippen LogP contribution is -2.24. The van der Waals surface area contributed by atoms with E-state index in [-0.39, 0.29) is 17.6 Å². The van der Waals surface area contributed by atoms with Crippen molar-refractivity contribution in [3.05, 3.63) is 60.2 Å². The van der Waals surface area contributed by atoms with Crippen molar-refractivity contribution in [3.63, 3.8) is 0 Å². The Bertz CT molecular complexity index is 936. The molecule has 4 rings (SSSR count). The molecule has 0 radical (unpaired) electrons. The SMILES string of the molecule is COCCn1c(C2CC(=O)N(c3ccc(F)cc3)C2)nc2ccccc21. The molecule has 5 nitrogen and oxygen atoms in total. The van der Waals surface area contributed by atoms with Crippen molar-refractivity contribution in [2.75, 3.05) is 25.2 Å². The molecule has 0 aliphatic carbocycles. The van der Waals surface area contributed by atoms with Gasteiger partial charge in [-0.3, -0.25) is 4.79 Å². The third-order valence-electron chi connectivity index (χ3n) is 4.83. The zero-order chi connectivity index (χ0) is 18.1. The van der Waals surface area contributed by atoms with Crippen molar-refractivity contribution in [2.45, 2.75) is 18.9 Å². The molecule has 1 amide bonds. The summed E-state index contributed by atoms with van der Waals surface area (Å²) in [5.74, 6) is 0.628. The number of anilines is 1. The van der Waals surface area contributed by atoms with Crippen LogP contribution in [0.5, 0.6) is 0 Å². The highest BCUT2D eigenvalue weighted by atomic mass is 19.1. The summed E-state index contributed by atoms with van der Waals surface area (Å²) in [6, 6.07) is 14.0. The third kappa shape index (κ3) is 2.97. The van der Waals surface area contributed by atoms with Crippen LogP contribution in [-0.4, -0.2) is 35.7 Å². The zero-order valence-electron chi connectivity index (χ0n) is 14.6. The molecule has 1 aliphatic rings. The molecule has 0 N–H and O–H groups in total. The van der Waals surface area contributed by atoms with Crippen molar-refractivity contribution >= 4 is 22.6 Å². The van der Waals surface area contributed by atoms with Gasteiger partial charge < -0.3 is 14.2 Å². The first-order chi connectivity index (χ1) is 12.7. The first kappa shape index (κ1) is 16.7. The highest BCUT2D eigenvalue weighted by molar-refractivity contribution is 5.96. The van der Waals surface area contributed by atoms with Gasteiger partial charge in [-0.05, 0) is 36.4 Å². The molecule has 0 spiro atoms. The van der Waals surface area contributed by atoms with Crippen molar-refractivity contribution in [1.82, 2.24) is 9.55 Å². The molecular weight excluding hydrogens is 333 g/mol. The van der Waals surface area contributed by atoms with Gasteiger partial charge in [0.15, 0.2) is 0 Å². The van der Waals surface area contributed by atoms with E-state index in [4.69, 9.17) is 9.72 Å². The number of aromatic nitrogens is 2. The molecule has 2 aromatic carbocycles. The Balaban J connectivity index is 1.67. The number of para-hydroxylation sites is 2. The topological polar surface area (TPSA) is 47.4 Å². The zero-order valence-corrected chi connectivity index (χ0v) is 14.6. The van der Waals surface area contributed by atoms with Crippen LogP contribution in [0, 0.1) is 5.82 Å². The minimum Gasteiger partial charge on any atom is -0.383 e. The Morgan fingerprint density at radius 2 is 1.96 bits per heavy atom. The number of rotatable bonds is 5. The van der Waals surface area contributed by atoms with Crippen molar-refractivity contribution in [1.29, 1.82) is 0 Å². The molecule has 1 atom stereocenters. The van der Waals surface area contributed by atoms with Gasteiger partial charge in [-0.25, -0.2) is 9.37 Å². The molecule has 0 saturated carbocycles. The predicted octanol–water partition coefficient (Wildman–Crippen LogP) is 3.34. The van der Waals surface area contributed by atoms with E-state index in [9.17, 15) is 9.18 Å². The van der Waals surface area contributed by atoms with Crippen LogP contribution in [0.2, 0.25) is 0 Å². The van der Waals surface area contributed by atoms with Crippen LogP contribution in [0.4, 0.5) is 10.1 Å². The van der Waals surface area contributed by atoms with Crippen LogP contribution in [0.25, 0.3) is 11.0 Å². The van der Waals surface area contributed by atoms with Gasteiger partial charge in [0.2, 0.25) is 5.91 Å². The average molecular weight is 353 g/mol. The van der Waals surface area contributed by atoms with Gasteiger partial charge in [0.1, 0.15) is 11.6 Å². The number of ether oxygens (including phenoxy) is 1. The normalized spacial score (nSPS) is 17.4. The molecule has 134 valence electrons. The Kier molecular flexibility index (Phi) is 4.42. The predicted molar refractivity (Wildman–Crippen MR) is 97.7 cm³/mol. The fourth-order valence-corrected chi connectivity index (χ4v) is 3.57. The maximum absolute atomic E-state index is 13.2. The van der Waals surface area contributed by atoms with Crippen molar-refractivity contribution in [2.24, 2.45) is 0 Å². The van der Waals surface area contributed by atoms with Gasteiger partial charge in [0.25, 0.3) is 0 Å². The van der Waals surface area contributed by atoms with Gasteiger partial charge in [0.05, 0.1) is 17.6 Å². The second-order valence-electron chi connectivity index (χ2n) is 6.48. The van der Waals surface area contributed by atoms with E-state index in [1.54, 1.807) is 24.1 Å². The Morgan fingerprint density at radius 3 is 2.73 bits per heavy atom. The average Bonchev–Trinajstić information content (AvgIpc) is 3.21. The number of methoxy groups -OCH3 is 1. The quantitative estimate of drug-likeness (QED) is 0.707. The molecular formula is C20H20FN3O2. The molecule has 6 heteroatoms. The Hall–Kier alpha value is -2.73. The second-order valence-corrected chi connectivity index (χ2v) is 6.48. The van der Waals surface area contributed by atoms with Crippen LogP contribution >= 0.6 is 0 Å². The lowest BCUT2D eigenvalue weighted by Gasteiger charge is -2.17. The summed E-state index contributed by atoms with van der Waals surface area (Å²) in [6.45, 7) is 1.81. The summed E-state index contributed by atoms with van der Waals surface area (Å²) in [6.07, 6.45) is 0.397. The van der Waals surface area contributed by atoms with Crippen LogP contribution in [0.15, 0.2) is 48.5 Å². The van der Waals surface area contributed by atoms with Crippen LogP contribution in [0.3, 0.4) is 0 Å². The number of imidazole rings is 1. The van der Waals surface area contributed by atoms with Gasteiger partial charge in [-0.2, -0.15) is 0 Å². The summed E-state index contributed by atoms with van der Waals surface area (Å²) in [5.41, 5.74) is 2.69. The standard InChI is InChI=1S/C20H20FN3O2/c1-26-11-10-23-18-5-3-2-4-17(18)22-20(23)14-12-19(25)24(13-14)16-8-6-15(21)7-9-16/h2-9,14H,10-13H2,1H3. The Labute approximate surface area is 151 Å². The number of fused-ring (bicyclic) bond motifs is 1. The smallest absolute Gasteiger partial charge is 0.227 e. The lowest BCUT2D eigenvalue weighted by molar-refractivity contribution is -0.117. The van der Waals surface area contributed by atoms with Crippen LogP contribution < -0.4 is 4.90 Å². The minimum atomic E-state index is -0.307. The summed E-state index contributed by atoms with van der Waals surface area (Å²) in [4.78, 5) is 19.1. The molecule has 3 aromatic rings. The molecule has 0 bridgehead atoms. The number of hydrogen-bond acceptors (Lipinski definition) is 3. The van der Waals surface area contributed by atoms with Gasteiger partial charge in [-0.15, -0.1) is 0 Å². The summed E-state index contributed by atoms with van der Waals surface area (Å²) < 4.78 is 20.6. The molecule has 1 fully saturated rings. The van der Waals surface area contributed by atoms with Crippen LogP contribution in [-0.2, 0) is 16.1 Å².